The Labute approximate surface area is 78.1 Å². The molecule has 1 aromatic carbocycles. The van der Waals surface area contributed by atoms with Gasteiger partial charge < -0.3 is 15.6 Å². The first-order valence-electron chi connectivity index (χ1n) is 4.22. The number of methoxy groups -OCH3 is 1. The van der Waals surface area contributed by atoms with Gasteiger partial charge in [-0.15, -0.1) is 0 Å². The minimum atomic E-state index is -0.606. The smallest absolute Gasteiger partial charge is 0.118 e. The van der Waals surface area contributed by atoms with Crippen LogP contribution >= 0.6 is 0 Å². The molecule has 0 unspecified atom stereocenters. The van der Waals surface area contributed by atoms with Gasteiger partial charge in [0.15, 0.2) is 0 Å². The highest BCUT2D eigenvalue weighted by Gasteiger charge is 2.11. The van der Waals surface area contributed by atoms with E-state index in [1.807, 2.05) is 12.1 Å². The van der Waals surface area contributed by atoms with Crippen LogP contribution in [0.1, 0.15) is 18.6 Å². The maximum atomic E-state index is 9.60. The Kier molecular flexibility index (Phi) is 3.28. The minimum Gasteiger partial charge on any atom is -0.497 e. The van der Waals surface area contributed by atoms with Crippen LogP contribution < -0.4 is 10.5 Å². The van der Waals surface area contributed by atoms with E-state index in [0.717, 1.165) is 11.3 Å². The molecule has 0 fully saturated rings. The Hall–Kier alpha value is -1.06. The Morgan fingerprint density at radius 1 is 1.31 bits per heavy atom. The summed E-state index contributed by atoms with van der Waals surface area (Å²) in [7, 11) is 1.61. The Morgan fingerprint density at radius 2 is 1.85 bits per heavy atom. The summed E-state index contributed by atoms with van der Waals surface area (Å²) in [6, 6.07) is 6.98. The highest BCUT2D eigenvalue weighted by Crippen LogP contribution is 2.18. The maximum Gasteiger partial charge on any atom is 0.118 e. The van der Waals surface area contributed by atoms with E-state index >= 15 is 0 Å². The number of nitrogens with two attached hydrogens (primary N) is 1. The van der Waals surface area contributed by atoms with Gasteiger partial charge in [-0.2, -0.15) is 0 Å². The molecule has 0 aromatic heterocycles. The first-order valence-corrected chi connectivity index (χ1v) is 4.22. The van der Waals surface area contributed by atoms with Gasteiger partial charge in [0.25, 0.3) is 0 Å². The molecule has 0 heterocycles. The van der Waals surface area contributed by atoms with E-state index in [4.69, 9.17) is 10.5 Å². The van der Waals surface area contributed by atoms with E-state index in [2.05, 4.69) is 0 Å². The zero-order valence-corrected chi connectivity index (χ0v) is 7.90. The number of ether oxygens (including phenoxy) is 1. The zero-order valence-electron chi connectivity index (χ0n) is 7.90. The molecule has 0 aliphatic heterocycles. The van der Waals surface area contributed by atoms with Crippen LogP contribution in [0.2, 0.25) is 0 Å². The molecular formula is C10H15NO2. The lowest BCUT2D eigenvalue weighted by Gasteiger charge is -2.14. The van der Waals surface area contributed by atoms with Crippen molar-refractivity contribution in [2.75, 3.05) is 7.11 Å². The molecule has 0 aliphatic carbocycles. The van der Waals surface area contributed by atoms with Gasteiger partial charge in [0.2, 0.25) is 0 Å². The number of hydrogen-bond acceptors (Lipinski definition) is 3. The Balaban J connectivity index is 2.79. The van der Waals surface area contributed by atoms with Crippen LogP contribution in [0.25, 0.3) is 0 Å². The Bertz CT molecular complexity index is 256. The summed E-state index contributed by atoms with van der Waals surface area (Å²) in [6.45, 7) is 1.77. The van der Waals surface area contributed by atoms with E-state index in [1.165, 1.54) is 0 Å². The van der Waals surface area contributed by atoms with Crippen LogP contribution in [-0.2, 0) is 0 Å². The van der Waals surface area contributed by atoms with Crippen LogP contribution in [-0.4, -0.2) is 18.3 Å². The van der Waals surface area contributed by atoms with Crippen molar-refractivity contribution in [3.63, 3.8) is 0 Å². The minimum absolute atomic E-state index is 0.256. The molecule has 0 saturated heterocycles. The van der Waals surface area contributed by atoms with Gasteiger partial charge in [0, 0.05) is 6.04 Å². The van der Waals surface area contributed by atoms with Gasteiger partial charge in [-0.05, 0) is 24.6 Å². The molecule has 3 heteroatoms. The third kappa shape index (κ3) is 2.44. The molecule has 0 spiro atoms. The van der Waals surface area contributed by atoms with Gasteiger partial charge in [-0.1, -0.05) is 12.1 Å². The topological polar surface area (TPSA) is 55.5 Å². The summed E-state index contributed by atoms with van der Waals surface area (Å²) in [5.41, 5.74) is 6.37. The van der Waals surface area contributed by atoms with Crippen molar-refractivity contribution in [2.45, 2.75) is 19.1 Å². The van der Waals surface area contributed by atoms with Gasteiger partial charge in [-0.3, -0.25) is 0 Å². The summed E-state index contributed by atoms with van der Waals surface area (Å²) in [5.74, 6) is 0.778. The lowest BCUT2D eigenvalue weighted by atomic mass is 10.0. The molecule has 0 amide bonds. The molecule has 3 N–H and O–H groups in total. The van der Waals surface area contributed by atoms with Gasteiger partial charge in [0.05, 0.1) is 13.2 Å². The van der Waals surface area contributed by atoms with Crippen LogP contribution in [0.5, 0.6) is 5.75 Å². The molecule has 1 aromatic rings. The van der Waals surface area contributed by atoms with Gasteiger partial charge in [-0.25, -0.2) is 0 Å². The summed E-state index contributed by atoms with van der Waals surface area (Å²) < 4.78 is 5.00. The zero-order chi connectivity index (χ0) is 9.84. The highest BCUT2D eigenvalue weighted by molar-refractivity contribution is 5.28. The molecule has 0 aliphatic rings. The number of benzene rings is 1. The number of hydrogen-bond donors (Lipinski definition) is 2. The fraction of sp³-hybridized carbons (Fsp3) is 0.400. The molecule has 0 bridgehead atoms. The highest BCUT2D eigenvalue weighted by atomic mass is 16.5. The third-order valence-electron chi connectivity index (χ3n) is 1.96. The predicted molar refractivity (Wildman–Crippen MR) is 51.6 cm³/mol. The maximum absolute atomic E-state index is 9.60. The molecular weight excluding hydrogens is 166 g/mol. The van der Waals surface area contributed by atoms with Crippen molar-refractivity contribution in [3.05, 3.63) is 29.8 Å². The standard InChI is InChI=1S/C10H15NO2/c1-7(11)10(12)8-3-5-9(13-2)6-4-8/h3-7,10,12H,11H2,1-2H3/t7-,10+/m0/s1. The van der Waals surface area contributed by atoms with Crippen molar-refractivity contribution >= 4 is 0 Å². The summed E-state index contributed by atoms with van der Waals surface area (Å²) in [4.78, 5) is 0. The fourth-order valence-electron chi connectivity index (χ4n) is 1.10. The monoisotopic (exact) mass is 181 g/mol. The van der Waals surface area contributed by atoms with Gasteiger partial charge >= 0.3 is 0 Å². The van der Waals surface area contributed by atoms with Crippen molar-refractivity contribution in [3.8, 4) is 5.75 Å². The molecule has 13 heavy (non-hydrogen) atoms. The fourth-order valence-corrected chi connectivity index (χ4v) is 1.10. The lowest BCUT2D eigenvalue weighted by Crippen LogP contribution is -2.24. The first-order chi connectivity index (χ1) is 6.15. The first kappa shape index (κ1) is 10.0. The van der Waals surface area contributed by atoms with Crippen LogP contribution in [0.3, 0.4) is 0 Å². The van der Waals surface area contributed by atoms with Crippen LogP contribution in [0.4, 0.5) is 0 Å². The predicted octanol–water partition coefficient (Wildman–Crippen LogP) is 1.08. The molecule has 0 radical (unpaired) electrons. The molecule has 3 nitrogen and oxygen atoms in total. The number of rotatable bonds is 3. The van der Waals surface area contributed by atoms with Crippen molar-refractivity contribution in [1.29, 1.82) is 0 Å². The number of aliphatic hydroxyl groups excluding tert-OH is 1. The van der Waals surface area contributed by atoms with Crippen LogP contribution in [0, 0.1) is 0 Å². The quantitative estimate of drug-likeness (QED) is 0.733. The molecule has 2 atom stereocenters. The number of aliphatic hydroxyl groups is 1. The van der Waals surface area contributed by atoms with E-state index in [9.17, 15) is 5.11 Å². The Morgan fingerprint density at radius 3 is 2.23 bits per heavy atom. The van der Waals surface area contributed by atoms with Crippen molar-refractivity contribution in [2.24, 2.45) is 5.73 Å². The van der Waals surface area contributed by atoms with Gasteiger partial charge in [0.1, 0.15) is 5.75 Å². The second kappa shape index (κ2) is 4.25. The molecule has 1 rings (SSSR count). The van der Waals surface area contributed by atoms with Crippen molar-refractivity contribution in [1.82, 2.24) is 0 Å². The van der Waals surface area contributed by atoms with Crippen molar-refractivity contribution < 1.29 is 9.84 Å². The SMILES string of the molecule is COc1ccc([C@H](O)[C@H](C)N)cc1. The second-order valence-electron chi connectivity index (χ2n) is 3.08. The van der Waals surface area contributed by atoms with E-state index in [-0.39, 0.29) is 6.04 Å². The van der Waals surface area contributed by atoms with E-state index in [0.29, 0.717) is 0 Å². The van der Waals surface area contributed by atoms with Crippen LogP contribution in [0.15, 0.2) is 24.3 Å². The second-order valence-corrected chi connectivity index (χ2v) is 3.08. The lowest BCUT2D eigenvalue weighted by molar-refractivity contribution is 0.153. The average Bonchev–Trinajstić information content (AvgIpc) is 2.17. The average molecular weight is 181 g/mol. The summed E-state index contributed by atoms with van der Waals surface area (Å²) in [5, 5.41) is 9.60. The third-order valence-corrected chi connectivity index (χ3v) is 1.96. The van der Waals surface area contributed by atoms with E-state index < -0.39 is 6.10 Å². The largest absolute Gasteiger partial charge is 0.497 e. The molecule has 0 saturated carbocycles. The summed E-state index contributed by atoms with van der Waals surface area (Å²) in [6.07, 6.45) is -0.606. The summed E-state index contributed by atoms with van der Waals surface area (Å²) >= 11 is 0. The van der Waals surface area contributed by atoms with E-state index in [1.54, 1.807) is 26.2 Å². The molecule has 72 valence electrons. The normalized spacial score (nSPS) is 15.1.